The molecule has 0 saturated heterocycles. The van der Waals surface area contributed by atoms with E-state index in [0.717, 1.165) is 46.6 Å². The van der Waals surface area contributed by atoms with Gasteiger partial charge in [-0.2, -0.15) is 8.78 Å². The van der Waals surface area contributed by atoms with Crippen molar-refractivity contribution in [1.82, 2.24) is 29.1 Å². The first-order chi connectivity index (χ1) is 16.5. The fourth-order valence-corrected chi connectivity index (χ4v) is 4.57. The number of ether oxygens (including phenoxy) is 2. The van der Waals surface area contributed by atoms with Gasteiger partial charge in [-0.15, -0.1) is 5.10 Å². The molecule has 5 rings (SSSR count). The molecule has 4 heterocycles. The summed E-state index contributed by atoms with van der Waals surface area (Å²) in [5, 5.41) is 7.91. The first-order valence-electron chi connectivity index (χ1n) is 11.4. The van der Waals surface area contributed by atoms with Crippen LogP contribution in [0.15, 0.2) is 30.6 Å². The fourth-order valence-electron chi connectivity index (χ4n) is 4.57. The molecule has 0 aliphatic heterocycles. The number of pyridine rings is 1. The molecule has 0 unspecified atom stereocenters. The number of anilines is 1. The van der Waals surface area contributed by atoms with Gasteiger partial charge >= 0.3 is 6.61 Å². The van der Waals surface area contributed by atoms with Gasteiger partial charge in [0.25, 0.3) is 0 Å². The van der Waals surface area contributed by atoms with Crippen LogP contribution in [0.3, 0.4) is 0 Å². The lowest BCUT2D eigenvalue weighted by atomic mass is 9.93. The molecule has 1 N–H and O–H groups in total. The Labute approximate surface area is 195 Å². The molecule has 0 atom stereocenters. The maximum Gasteiger partial charge on any atom is 0.345 e. The molecule has 0 radical (unpaired) electrons. The number of aryl methyl sites for hydroxylation is 1. The highest BCUT2D eigenvalue weighted by atomic mass is 19.3. The van der Waals surface area contributed by atoms with E-state index in [1.807, 2.05) is 31.3 Å². The molecule has 4 aromatic rings. The maximum absolute atomic E-state index is 12.4. The lowest BCUT2D eigenvalue weighted by Gasteiger charge is -2.28. The smallest absolute Gasteiger partial charge is 0.345 e. The molecule has 0 bridgehead atoms. The van der Waals surface area contributed by atoms with Gasteiger partial charge in [0.15, 0.2) is 5.65 Å². The van der Waals surface area contributed by atoms with Crippen LogP contribution in [0.2, 0.25) is 0 Å². The molecule has 1 aliphatic rings. The van der Waals surface area contributed by atoms with Crippen molar-refractivity contribution >= 4 is 22.6 Å². The number of alkyl halides is 2. The largest absolute Gasteiger partial charge is 0.383 e. The quantitative estimate of drug-likeness (QED) is 0.414. The van der Waals surface area contributed by atoms with Crippen molar-refractivity contribution in [2.75, 3.05) is 19.0 Å². The highest BCUT2D eigenvalue weighted by Gasteiger charge is 2.24. The Morgan fingerprint density at radius 2 is 1.97 bits per heavy atom. The van der Waals surface area contributed by atoms with Gasteiger partial charge in [0.05, 0.1) is 30.1 Å². The summed E-state index contributed by atoms with van der Waals surface area (Å²) in [5.74, 6) is 1.40. The number of hydrogen-bond acceptors (Lipinski definition) is 7. The Hall–Kier alpha value is -3.18. The molecule has 4 aromatic heterocycles. The van der Waals surface area contributed by atoms with E-state index in [2.05, 4.69) is 29.7 Å². The second-order valence-electron chi connectivity index (χ2n) is 8.50. The predicted molar refractivity (Wildman–Crippen MR) is 123 cm³/mol. The lowest BCUT2D eigenvalue weighted by Crippen LogP contribution is -2.31. The summed E-state index contributed by atoms with van der Waals surface area (Å²) in [6, 6.07) is 6.03. The molecular weight excluding hydrogens is 444 g/mol. The molecule has 11 heteroatoms. The van der Waals surface area contributed by atoms with Crippen molar-refractivity contribution < 1.29 is 18.3 Å². The summed E-state index contributed by atoms with van der Waals surface area (Å²) >= 11 is 0. The van der Waals surface area contributed by atoms with E-state index < -0.39 is 6.61 Å². The summed E-state index contributed by atoms with van der Waals surface area (Å²) in [6.07, 6.45) is 5.91. The van der Waals surface area contributed by atoms with Crippen LogP contribution in [0.4, 0.5) is 14.7 Å². The van der Waals surface area contributed by atoms with E-state index in [-0.39, 0.29) is 12.1 Å². The van der Waals surface area contributed by atoms with Crippen LogP contribution in [0.25, 0.3) is 27.9 Å². The van der Waals surface area contributed by atoms with Gasteiger partial charge in [-0.1, -0.05) is 0 Å². The zero-order chi connectivity index (χ0) is 23.7. The van der Waals surface area contributed by atoms with Gasteiger partial charge in [-0.05, 0) is 50.8 Å². The predicted octanol–water partition coefficient (Wildman–Crippen LogP) is 4.06. The van der Waals surface area contributed by atoms with Crippen LogP contribution in [0.1, 0.15) is 31.5 Å². The van der Waals surface area contributed by atoms with Crippen LogP contribution < -0.4 is 5.32 Å². The van der Waals surface area contributed by atoms with Crippen molar-refractivity contribution in [3.63, 3.8) is 0 Å². The van der Waals surface area contributed by atoms with Crippen LogP contribution >= 0.6 is 0 Å². The molecule has 1 aliphatic carbocycles. The van der Waals surface area contributed by atoms with Crippen LogP contribution in [-0.4, -0.2) is 61.6 Å². The number of hydrogen-bond donors (Lipinski definition) is 1. The Morgan fingerprint density at radius 3 is 2.74 bits per heavy atom. The summed E-state index contributed by atoms with van der Waals surface area (Å²) in [7, 11) is 1.68. The normalized spacial score (nSPS) is 18.9. The minimum Gasteiger partial charge on any atom is -0.383 e. The van der Waals surface area contributed by atoms with Crippen LogP contribution in [-0.2, 0) is 16.0 Å². The second kappa shape index (κ2) is 9.59. The van der Waals surface area contributed by atoms with E-state index in [1.165, 1.54) is 0 Å². The number of halogens is 2. The molecule has 0 aromatic carbocycles. The van der Waals surface area contributed by atoms with Gasteiger partial charge in [0, 0.05) is 31.5 Å². The van der Waals surface area contributed by atoms with E-state index in [1.54, 1.807) is 17.8 Å². The molecular formula is C23H27F2N7O2. The average Bonchev–Trinajstić information content (AvgIpc) is 3.38. The van der Waals surface area contributed by atoms with Crippen molar-refractivity contribution in [2.24, 2.45) is 0 Å². The van der Waals surface area contributed by atoms with Crippen molar-refractivity contribution in [3.05, 3.63) is 36.4 Å². The number of rotatable bonds is 8. The first-order valence-corrected chi connectivity index (χ1v) is 11.4. The third-order valence-electron chi connectivity index (χ3n) is 6.30. The standard InChI is InChI=1S/C23H27F2N7O2/c1-14-27-19-8-7-18(29-21(19)31(14)11-12-33-2)17-9-10-32-20(17)13-26-23(30-32)28-15-3-5-16(6-4-15)34-22(24)25/h7-10,13,15-16,22H,3-6,11-12H2,1-2H3,(H,28,30)/t15-,16+. The number of nitrogens with one attached hydrogen (secondary N) is 1. The number of methoxy groups -OCH3 is 1. The van der Waals surface area contributed by atoms with Gasteiger partial charge in [0.2, 0.25) is 5.95 Å². The van der Waals surface area contributed by atoms with Crippen LogP contribution in [0, 0.1) is 6.92 Å². The number of imidazole rings is 1. The molecule has 1 fully saturated rings. The summed E-state index contributed by atoms with van der Waals surface area (Å²) in [6.45, 7) is 0.511. The van der Waals surface area contributed by atoms with E-state index in [0.29, 0.717) is 31.9 Å². The van der Waals surface area contributed by atoms with E-state index in [9.17, 15) is 8.78 Å². The Kier molecular flexibility index (Phi) is 6.38. The van der Waals surface area contributed by atoms with Crippen molar-refractivity contribution in [1.29, 1.82) is 0 Å². The Bertz CT molecular complexity index is 1280. The van der Waals surface area contributed by atoms with Gasteiger partial charge in [-0.3, -0.25) is 0 Å². The number of nitrogens with zero attached hydrogens (tertiary/aromatic N) is 6. The molecule has 180 valence electrons. The zero-order valence-corrected chi connectivity index (χ0v) is 19.1. The van der Waals surface area contributed by atoms with Crippen molar-refractivity contribution in [3.8, 4) is 11.3 Å². The number of aromatic nitrogens is 6. The maximum atomic E-state index is 12.4. The fraction of sp³-hybridized carbons (Fsp3) is 0.478. The summed E-state index contributed by atoms with van der Waals surface area (Å²) in [4.78, 5) is 14.0. The van der Waals surface area contributed by atoms with E-state index in [4.69, 9.17) is 9.72 Å². The lowest BCUT2D eigenvalue weighted by molar-refractivity contribution is -0.169. The SMILES string of the molecule is COCCn1c(C)nc2ccc(-c3ccn4nc(N[C@H]5CC[C@@H](OC(F)F)CC5)ncc34)nc21. The monoisotopic (exact) mass is 471 g/mol. The second-order valence-corrected chi connectivity index (χ2v) is 8.50. The van der Waals surface area contributed by atoms with Crippen molar-refractivity contribution in [2.45, 2.75) is 57.9 Å². The first kappa shape index (κ1) is 22.6. The molecule has 1 saturated carbocycles. The number of fused-ring (bicyclic) bond motifs is 2. The van der Waals surface area contributed by atoms with Gasteiger partial charge in [0.1, 0.15) is 11.3 Å². The zero-order valence-electron chi connectivity index (χ0n) is 19.1. The topological polar surface area (TPSA) is 91.4 Å². The van der Waals surface area contributed by atoms with Crippen LogP contribution in [0.5, 0.6) is 0 Å². The Morgan fingerprint density at radius 1 is 1.15 bits per heavy atom. The summed E-state index contributed by atoms with van der Waals surface area (Å²) < 4.78 is 38.5. The highest BCUT2D eigenvalue weighted by molar-refractivity contribution is 5.82. The molecule has 34 heavy (non-hydrogen) atoms. The third-order valence-corrected chi connectivity index (χ3v) is 6.30. The Balaban J connectivity index is 1.34. The van der Waals surface area contributed by atoms with E-state index >= 15 is 0 Å². The average molecular weight is 472 g/mol. The minimum absolute atomic E-state index is 0.129. The minimum atomic E-state index is -2.71. The third kappa shape index (κ3) is 4.58. The summed E-state index contributed by atoms with van der Waals surface area (Å²) in [5.41, 5.74) is 4.24. The van der Waals surface area contributed by atoms with Gasteiger partial charge < -0.3 is 19.4 Å². The molecule has 9 nitrogen and oxygen atoms in total. The van der Waals surface area contributed by atoms with Gasteiger partial charge in [-0.25, -0.2) is 19.5 Å². The highest BCUT2D eigenvalue weighted by Crippen LogP contribution is 2.27. The molecule has 0 amide bonds. The molecule has 0 spiro atoms.